The second-order valence-electron chi connectivity index (χ2n) is 5.01. The van der Waals surface area contributed by atoms with Crippen LogP contribution in [-0.4, -0.2) is 51.6 Å². The molecule has 5 heteroatoms. The molecule has 0 spiro atoms. The second-order valence-corrected chi connectivity index (χ2v) is 5.01. The van der Waals surface area contributed by atoms with E-state index >= 15 is 0 Å². The highest BCUT2D eigenvalue weighted by atomic mass is 28.1. The number of hydrogen-bond donors (Lipinski definition) is 2. The van der Waals surface area contributed by atoms with Gasteiger partial charge in [-0.2, -0.15) is 0 Å². The zero-order valence-corrected chi connectivity index (χ0v) is 10.9. The Hall–Kier alpha value is -1.59. The minimum Gasteiger partial charge on any atom is -0.480 e. The van der Waals surface area contributed by atoms with E-state index in [4.69, 9.17) is 0 Å². The standard InChI is InChI=1S/C14H18N2O2.H4Si/c1-14(13(17)18,16(2)3)8-10-9-15-12-7-5-4-6-11(10)12;/h4-7,9,15H,8H2,1-3H3,(H,17,18);1H4. The van der Waals surface area contributed by atoms with Gasteiger partial charge in [0.15, 0.2) is 0 Å². The van der Waals surface area contributed by atoms with Crippen molar-refractivity contribution in [2.45, 2.75) is 18.9 Å². The zero-order valence-electron chi connectivity index (χ0n) is 10.9. The Morgan fingerprint density at radius 2 is 2.00 bits per heavy atom. The summed E-state index contributed by atoms with van der Waals surface area (Å²) in [5, 5.41) is 10.5. The van der Waals surface area contributed by atoms with Crippen LogP contribution in [0.25, 0.3) is 10.9 Å². The topological polar surface area (TPSA) is 56.3 Å². The molecule has 0 aliphatic rings. The molecule has 0 saturated heterocycles. The number of benzene rings is 1. The number of nitrogens with one attached hydrogen (secondary N) is 1. The number of fused-ring (bicyclic) bond motifs is 1. The van der Waals surface area contributed by atoms with E-state index in [9.17, 15) is 9.90 Å². The summed E-state index contributed by atoms with van der Waals surface area (Å²) < 4.78 is 0. The second kappa shape index (κ2) is 5.58. The van der Waals surface area contributed by atoms with E-state index in [-0.39, 0.29) is 11.0 Å². The summed E-state index contributed by atoms with van der Waals surface area (Å²) in [6, 6.07) is 7.93. The molecule has 0 aliphatic heterocycles. The Balaban J connectivity index is 0.00000180. The van der Waals surface area contributed by atoms with E-state index in [1.54, 1.807) is 25.9 Å². The van der Waals surface area contributed by atoms with Gasteiger partial charge in [-0.15, -0.1) is 0 Å². The van der Waals surface area contributed by atoms with Crippen LogP contribution >= 0.6 is 0 Å². The van der Waals surface area contributed by atoms with Crippen LogP contribution in [0.2, 0.25) is 0 Å². The summed E-state index contributed by atoms with van der Waals surface area (Å²) >= 11 is 0. The predicted octanol–water partition coefficient (Wildman–Crippen LogP) is 0.664. The van der Waals surface area contributed by atoms with Gasteiger partial charge in [-0.05, 0) is 43.6 Å². The molecular formula is C14H22N2O2Si. The van der Waals surface area contributed by atoms with Crippen molar-refractivity contribution in [2.24, 2.45) is 0 Å². The number of likely N-dealkylation sites (N-methyl/N-ethyl adjacent to an activating group) is 1. The number of hydrogen-bond acceptors (Lipinski definition) is 2. The molecule has 1 heterocycles. The quantitative estimate of drug-likeness (QED) is 0.808. The number of H-pyrrole nitrogens is 1. The lowest BCUT2D eigenvalue weighted by Crippen LogP contribution is -2.50. The average molecular weight is 278 g/mol. The molecule has 1 unspecified atom stereocenters. The molecule has 0 amide bonds. The first-order chi connectivity index (χ1) is 8.45. The lowest BCUT2D eigenvalue weighted by atomic mass is 9.91. The number of aromatic nitrogens is 1. The Morgan fingerprint density at radius 3 is 2.58 bits per heavy atom. The highest BCUT2D eigenvalue weighted by Gasteiger charge is 2.36. The number of carboxylic acids is 1. The van der Waals surface area contributed by atoms with Gasteiger partial charge in [0.1, 0.15) is 5.54 Å². The van der Waals surface area contributed by atoms with Crippen molar-refractivity contribution >= 4 is 27.8 Å². The van der Waals surface area contributed by atoms with Crippen LogP contribution in [0.5, 0.6) is 0 Å². The zero-order chi connectivity index (χ0) is 13.3. The number of nitrogens with zero attached hydrogens (tertiary/aromatic N) is 1. The molecule has 0 bridgehead atoms. The Kier molecular flexibility index (Phi) is 4.55. The molecule has 0 fully saturated rings. The molecule has 0 radical (unpaired) electrons. The molecule has 4 nitrogen and oxygen atoms in total. The molecule has 1 atom stereocenters. The van der Waals surface area contributed by atoms with Crippen LogP contribution < -0.4 is 0 Å². The van der Waals surface area contributed by atoms with Crippen molar-refractivity contribution in [3.8, 4) is 0 Å². The van der Waals surface area contributed by atoms with Gasteiger partial charge in [0, 0.05) is 23.5 Å². The molecule has 0 saturated carbocycles. The largest absolute Gasteiger partial charge is 0.480 e. The van der Waals surface area contributed by atoms with E-state index in [0.717, 1.165) is 16.5 Å². The van der Waals surface area contributed by atoms with E-state index < -0.39 is 11.5 Å². The third kappa shape index (κ3) is 2.72. The first kappa shape index (κ1) is 15.5. The Bertz CT molecular complexity index is 580. The SMILES string of the molecule is CN(C)C(C)(Cc1c[nH]c2ccccc12)C(=O)O.[SiH4]. The predicted molar refractivity (Wildman–Crippen MR) is 83.1 cm³/mol. The molecule has 0 aliphatic carbocycles. The van der Waals surface area contributed by atoms with Crippen LogP contribution in [-0.2, 0) is 11.2 Å². The number of carbonyl (C=O) groups is 1. The third-order valence-corrected chi connectivity index (χ3v) is 3.66. The van der Waals surface area contributed by atoms with Crippen LogP contribution in [0, 0.1) is 0 Å². The van der Waals surface area contributed by atoms with Crippen molar-refractivity contribution < 1.29 is 9.90 Å². The normalized spacial score (nSPS) is 14.1. The van der Waals surface area contributed by atoms with Gasteiger partial charge in [-0.1, -0.05) is 18.2 Å². The highest BCUT2D eigenvalue weighted by molar-refractivity contribution is 5.85. The molecule has 104 valence electrons. The van der Waals surface area contributed by atoms with Gasteiger partial charge in [0.25, 0.3) is 0 Å². The molecule has 19 heavy (non-hydrogen) atoms. The van der Waals surface area contributed by atoms with Crippen LogP contribution in [0.15, 0.2) is 30.5 Å². The van der Waals surface area contributed by atoms with Gasteiger partial charge in [-0.25, -0.2) is 0 Å². The van der Waals surface area contributed by atoms with Crippen LogP contribution in [0.4, 0.5) is 0 Å². The van der Waals surface area contributed by atoms with E-state index in [2.05, 4.69) is 4.98 Å². The van der Waals surface area contributed by atoms with Crippen molar-refractivity contribution in [3.63, 3.8) is 0 Å². The maximum Gasteiger partial charge on any atom is 0.324 e. The summed E-state index contributed by atoms with van der Waals surface area (Å²) in [6.45, 7) is 1.75. The Labute approximate surface area is 117 Å². The number of carboxylic acid groups (broad SMARTS) is 1. The lowest BCUT2D eigenvalue weighted by molar-refractivity contribution is -0.148. The fraction of sp³-hybridized carbons (Fsp3) is 0.357. The summed E-state index contributed by atoms with van der Waals surface area (Å²) in [5.74, 6) is -0.808. The van der Waals surface area contributed by atoms with Crippen LogP contribution in [0.3, 0.4) is 0 Å². The fourth-order valence-electron chi connectivity index (χ4n) is 2.07. The highest BCUT2D eigenvalue weighted by Crippen LogP contribution is 2.25. The van der Waals surface area contributed by atoms with Gasteiger partial charge >= 0.3 is 5.97 Å². The van der Waals surface area contributed by atoms with Gasteiger partial charge in [-0.3, -0.25) is 9.69 Å². The van der Waals surface area contributed by atoms with Crippen molar-refractivity contribution in [2.75, 3.05) is 14.1 Å². The van der Waals surface area contributed by atoms with Gasteiger partial charge < -0.3 is 10.1 Å². The number of aliphatic carboxylic acids is 1. The first-order valence-electron chi connectivity index (χ1n) is 5.91. The van der Waals surface area contributed by atoms with Gasteiger partial charge in [0.2, 0.25) is 0 Å². The molecule has 2 rings (SSSR count). The molecule has 2 N–H and O–H groups in total. The van der Waals surface area contributed by atoms with E-state index in [1.807, 2.05) is 30.5 Å². The van der Waals surface area contributed by atoms with Crippen molar-refractivity contribution in [1.82, 2.24) is 9.88 Å². The maximum atomic E-state index is 11.5. The van der Waals surface area contributed by atoms with Crippen molar-refractivity contribution in [1.29, 1.82) is 0 Å². The number of para-hydroxylation sites is 1. The summed E-state index contributed by atoms with van der Waals surface area (Å²) in [5.41, 5.74) is 1.17. The summed E-state index contributed by atoms with van der Waals surface area (Å²) in [6.07, 6.45) is 2.37. The number of rotatable bonds is 4. The smallest absolute Gasteiger partial charge is 0.324 e. The molecule has 2 aromatic rings. The van der Waals surface area contributed by atoms with E-state index in [1.165, 1.54) is 0 Å². The molecular weight excluding hydrogens is 256 g/mol. The molecule has 1 aromatic carbocycles. The maximum absolute atomic E-state index is 11.5. The number of aromatic amines is 1. The van der Waals surface area contributed by atoms with Gasteiger partial charge in [0.05, 0.1) is 0 Å². The third-order valence-electron chi connectivity index (χ3n) is 3.66. The van der Waals surface area contributed by atoms with Crippen LogP contribution in [0.1, 0.15) is 12.5 Å². The minimum atomic E-state index is -0.898. The van der Waals surface area contributed by atoms with E-state index in [0.29, 0.717) is 6.42 Å². The average Bonchev–Trinajstić information content (AvgIpc) is 2.72. The fourth-order valence-corrected chi connectivity index (χ4v) is 2.07. The monoisotopic (exact) mass is 278 g/mol. The molecule has 1 aromatic heterocycles. The summed E-state index contributed by atoms with van der Waals surface area (Å²) in [7, 11) is 3.59. The minimum absolute atomic E-state index is 0. The Morgan fingerprint density at radius 1 is 1.37 bits per heavy atom. The summed E-state index contributed by atoms with van der Waals surface area (Å²) in [4.78, 5) is 16.4. The first-order valence-corrected chi connectivity index (χ1v) is 5.91. The van der Waals surface area contributed by atoms with Crippen molar-refractivity contribution in [3.05, 3.63) is 36.0 Å². The lowest BCUT2D eigenvalue weighted by Gasteiger charge is -2.31.